The van der Waals surface area contributed by atoms with Crippen molar-refractivity contribution in [2.24, 2.45) is 0 Å². The Balaban J connectivity index is 2.16. The fourth-order valence-corrected chi connectivity index (χ4v) is 1.50. The molecule has 0 aliphatic rings. The van der Waals surface area contributed by atoms with Gasteiger partial charge in [-0.25, -0.2) is 4.98 Å². The predicted octanol–water partition coefficient (Wildman–Crippen LogP) is 0.826. The van der Waals surface area contributed by atoms with Crippen LogP contribution in [0.15, 0.2) is 11.6 Å². The van der Waals surface area contributed by atoms with Gasteiger partial charge in [0.1, 0.15) is 0 Å². The summed E-state index contributed by atoms with van der Waals surface area (Å²) >= 11 is 1.29. The highest BCUT2D eigenvalue weighted by Gasteiger charge is 2.07. The molecular weight excluding hydrogens is 216 g/mol. The van der Waals surface area contributed by atoms with E-state index in [0.717, 1.165) is 0 Å². The van der Waals surface area contributed by atoms with Gasteiger partial charge in [-0.15, -0.1) is 11.3 Å². The van der Waals surface area contributed by atoms with E-state index in [1.165, 1.54) is 18.4 Å². The van der Waals surface area contributed by atoms with Crippen molar-refractivity contribution >= 4 is 23.2 Å². The molecule has 15 heavy (non-hydrogen) atoms. The Morgan fingerprint density at radius 2 is 2.40 bits per heavy atom. The number of aromatic nitrogens is 1. The van der Waals surface area contributed by atoms with Crippen LogP contribution in [0.5, 0.6) is 0 Å². The summed E-state index contributed by atoms with van der Waals surface area (Å²) in [6, 6.07) is 0. The molecule has 0 aliphatic carbocycles. The molecule has 6 heteroatoms. The number of carbonyl (C=O) groups is 2. The zero-order chi connectivity index (χ0) is 11.1. The van der Waals surface area contributed by atoms with Gasteiger partial charge in [0.15, 0.2) is 5.01 Å². The summed E-state index contributed by atoms with van der Waals surface area (Å²) in [4.78, 5) is 25.9. The molecule has 0 fully saturated rings. The fraction of sp³-hybridized carbons (Fsp3) is 0.444. The second-order valence-corrected chi connectivity index (χ2v) is 3.67. The van der Waals surface area contributed by atoms with Crippen molar-refractivity contribution in [2.45, 2.75) is 12.8 Å². The van der Waals surface area contributed by atoms with E-state index in [4.69, 9.17) is 0 Å². The average molecular weight is 228 g/mol. The smallest absolute Gasteiger partial charge is 0.305 e. The summed E-state index contributed by atoms with van der Waals surface area (Å²) in [6.45, 7) is 0.452. The highest BCUT2D eigenvalue weighted by atomic mass is 32.1. The molecule has 0 aromatic carbocycles. The lowest BCUT2D eigenvalue weighted by Crippen LogP contribution is -2.24. The highest BCUT2D eigenvalue weighted by Crippen LogP contribution is 2.02. The van der Waals surface area contributed by atoms with Gasteiger partial charge in [-0.1, -0.05) is 0 Å². The molecule has 0 spiro atoms. The second-order valence-electron chi connectivity index (χ2n) is 2.77. The molecule has 1 aromatic heterocycles. The summed E-state index contributed by atoms with van der Waals surface area (Å²) in [5.41, 5.74) is 0. The Bertz CT molecular complexity index is 324. The Labute approximate surface area is 91.5 Å². The van der Waals surface area contributed by atoms with E-state index in [1.54, 1.807) is 11.6 Å². The van der Waals surface area contributed by atoms with Gasteiger partial charge >= 0.3 is 5.97 Å². The van der Waals surface area contributed by atoms with E-state index < -0.39 is 0 Å². The van der Waals surface area contributed by atoms with Gasteiger partial charge in [0.05, 0.1) is 7.11 Å². The van der Waals surface area contributed by atoms with Crippen LogP contribution in [0.2, 0.25) is 0 Å². The highest BCUT2D eigenvalue weighted by molar-refractivity contribution is 7.11. The Morgan fingerprint density at radius 1 is 1.60 bits per heavy atom. The molecule has 0 saturated carbocycles. The molecule has 82 valence electrons. The van der Waals surface area contributed by atoms with Crippen molar-refractivity contribution in [3.8, 4) is 0 Å². The maximum atomic E-state index is 11.3. The Kier molecular flexibility index (Phi) is 4.76. The van der Waals surface area contributed by atoms with Crippen molar-refractivity contribution < 1.29 is 14.3 Å². The largest absolute Gasteiger partial charge is 0.469 e. The van der Waals surface area contributed by atoms with Gasteiger partial charge in [-0.05, 0) is 6.42 Å². The molecule has 1 rings (SSSR count). The summed E-state index contributed by atoms with van der Waals surface area (Å²) < 4.78 is 4.47. The first-order chi connectivity index (χ1) is 7.24. The number of methoxy groups -OCH3 is 1. The fourth-order valence-electron chi connectivity index (χ4n) is 0.948. The number of esters is 1. The zero-order valence-electron chi connectivity index (χ0n) is 8.36. The van der Waals surface area contributed by atoms with Gasteiger partial charge in [-0.3, -0.25) is 9.59 Å². The van der Waals surface area contributed by atoms with Gasteiger partial charge in [0.2, 0.25) is 0 Å². The molecule has 1 heterocycles. The summed E-state index contributed by atoms with van der Waals surface area (Å²) in [7, 11) is 1.34. The Hall–Kier alpha value is -1.43. The molecule has 0 unspecified atom stereocenters. The van der Waals surface area contributed by atoms with E-state index in [-0.39, 0.29) is 11.9 Å². The first-order valence-corrected chi connectivity index (χ1v) is 5.36. The molecule has 1 amide bonds. The number of nitrogens with zero attached hydrogens (tertiary/aromatic N) is 1. The molecule has 0 bridgehead atoms. The lowest BCUT2D eigenvalue weighted by Gasteiger charge is -2.01. The second kappa shape index (κ2) is 6.13. The molecule has 1 N–H and O–H groups in total. The minimum atomic E-state index is -0.265. The number of rotatable bonds is 5. The summed E-state index contributed by atoms with van der Waals surface area (Å²) in [6.07, 6.45) is 2.46. The van der Waals surface area contributed by atoms with Crippen LogP contribution in [0.4, 0.5) is 0 Å². The number of hydrogen-bond donors (Lipinski definition) is 1. The van der Waals surface area contributed by atoms with E-state index in [2.05, 4.69) is 15.0 Å². The van der Waals surface area contributed by atoms with E-state index >= 15 is 0 Å². The number of amides is 1. The average Bonchev–Trinajstić information content (AvgIpc) is 2.77. The van der Waals surface area contributed by atoms with Gasteiger partial charge < -0.3 is 10.1 Å². The van der Waals surface area contributed by atoms with Crippen LogP contribution in [0.1, 0.15) is 22.6 Å². The molecule has 1 aromatic rings. The molecule has 0 atom stereocenters. The number of thiazole rings is 1. The number of nitrogens with one attached hydrogen (secondary N) is 1. The van der Waals surface area contributed by atoms with Crippen LogP contribution in [0.25, 0.3) is 0 Å². The van der Waals surface area contributed by atoms with E-state index in [0.29, 0.717) is 24.4 Å². The van der Waals surface area contributed by atoms with Crippen molar-refractivity contribution in [3.63, 3.8) is 0 Å². The quantitative estimate of drug-likeness (QED) is 0.598. The van der Waals surface area contributed by atoms with E-state index in [1.807, 2.05) is 0 Å². The maximum Gasteiger partial charge on any atom is 0.305 e. The third kappa shape index (κ3) is 4.07. The van der Waals surface area contributed by atoms with Crippen LogP contribution >= 0.6 is 11.3 Å². The molecular formula is C9H12N2O3S. The molecule has 0 aliphatic heterocycles. The number of hydrogen-bond acceptors (Lipinski definition) is 5. The standard InChI is InChI=1S/C9H12N2O3S/c1-14-7(12)3-2-4-10-8(13)9-11-5-6-15-9/h5-6H,2-4H2,1H3,(H,10,13). The molecule has 0 radical (unpaired) electrons. The zero-order valence-corrected chi connectivity index (χ0v) is 9.17. The summed E-state index contributed by atoms with van der Waals surface area (Å²) in [5.74, 6) is -0.464. The van der Waals surface area contributed by atoms with Crippen molar-refractivity contribution in [1.29, 1.82) is 0 Å². The normalized spacial score (nSPS) is 9.67. The monoisotopic (exact) mass is 228 g/mol. The van der Waals surface area contributed by atoms with Crippen molar-refractivity contribution in [2.75, 3.05) is 13.7 Å². The third-order valence-corrected chi connectivity index (χ3v) is 2.47. The van der Waals surface area contributed by atoms with Gasteiger partial charge in [-0.2, -0.15) is 0 Å². The van der Waals surface area contributed by atoms with Crippen LogP contribution in [-0.4, -0.2) is 30.5 Å². The minimum Gasteiger partial charge on any atom is -0.469 e. The minimum absolute atomic E-state index is 0.199. The number of carbonyl (C=O) groups excluding carboxylic acids is 2. The predicted molar refractivity (Wildman–Crippen MR) is 55.7 cm³/mol. The van der Waals surface area contributed by atoms with Crippen LogP contribution in [0.3, 0.4) is 0 Å². The Morgan fingerprint density at radius 3 is 3.00 bits per heavy atom. The van der Waals surface area contributed by atoms with Crippen LogP contribution in [-0.2, 0) is 9.53 Å². The topological polar surface area (TPSA) is 68.3 Å². The lowest BCUT2D eigenvalue weighted by atomic mass is 10.3. The van der Waals surface area contributed by atoms with Crippen molar-refractivity contribution in [3.05, 3.63) is 16.6 Å². The third-order valence-electron chi connectivity index (χ3n) is 1.70. The molecule has 5 nitrogen and oxygen atoms in total. The van der Waals surface area contributed by atoms with E-state index in [9.17, 15) is 9.59 Å². The first kappa shape index (κ1) is 11.6. The maximum absolute atomic E-state index is 11.3. The van der Waals surface area contributed by atoms with Gasteiger partial charge in [0.25, 0.3) is 5.91 Å². The summed E-state index contributed by atoms with van der Waals surface area (Å²) in [5, 5.41) is 4.84. The van der Waals surface area contributed by atoms with Crippen LogP contribution in [0, 0.1) is 0 Å². The van der Waals surface area contributed by atoms with Gasteiger partial charge in [0, 0.05) is 24.5 Å². The van der Waals surface area contributed by atoms with Crippen molar-refractivity contribution in [1.82, 2.24) is 10.3 Å². The SMILES string of the molecule is COC(=O)CCCNC(=O)c1nccs1. The number of ether oxygens (including phenoxy) is 1. The molecule has 0 saturated heterocycles. The van der Waals surface area contributed by atoms with Crippen LogP contribution < -0.4 is 5.32 Å². The lowest BCUT2D eigenvalue weighted by molar-refractivity contribution is -0.140. The first-order valence-electron chi connectivity index (χ1n) is 4.48.